The normalized spacial score (nSPS) is 21.7. The highest BCUT2D eigenvalue weighted by molar-refractivity contribution is 5.54. The Kier molecular flexibility index (Phi) is 3.65. The molecule has 0 saturated carbocycles. The van der Waals surface area contributed by atoms with Gasteiger partial charge in [-0.2, -0.15) is 5.26 Å². The molecule has 2 heterocycles. The van der Waals surface area contributed by atoms with Gasteiger partial charge in [-0.15, -0.1) is 0 Å². The van der Waals surface area contributed by atoms with Crippen LogP contribution in [0, 0.1) is 17.2 Å². The lowest BCUT2D eigenvalue weighted by atomic mass is 9.95. The first kappa shape index (κ1) is 12.4. The van der Waals surface area contributed by atoms with Crippen LogP contribution in [-0.2, 0) is 12.8 Å². The van der Waals surface area contributed by atoms with Crippen LogP contribution in [0.4, 0.5) is 5.82 Å². The van der Waals surface area contributed by atoms with Gasteiger partial charge in [-0.1, -0.05) is 0 Å². The molecule has 1 saturated heterocycles. The van der Waals surface area contributed by atoms with Crippen molar-refractivity contribution in [2.75, 3.05) is 25.0 Å². The molecule has 1 atom stereocenters. The topological polar surface area (TPSA) is 60.7 Å². The van der Waals surface area contributed by atoms with Crippen molar-refractivity contribution in [1.29, 1.82) is 5.26 Å². The van der Waals surface area contributed by atoms with Crippen LogP contribution in [0.15, 0.2) is 6.07 Å². The third-order valence-corrected chi connectivity index (χ3v) is 4.14. The van der Waals surface area contributed by atoms with Crippen LogP contribution >= 0.6 is 0 Å². The third-order valence-electron chi connectivity index (χ3n) is 4.14. The molecule has 1 aromatic rings. The van der Waals surface area contributed by atoms with Gasteiger partial charge in [0, 0.05) is 12.2 Å². The van der Waals surface area contributed by atoms with Gasteiger partial charge in [0.25, 0.3) is 0 Å². The first-order chi connectivity index (χ1) is 9.36. The summed E-state index contributed by atoms with van der Waals surface area (Å²) in [6.07, 6.45) is 5.78. The number of fused-ring (bicyclic) bond motifs is 1. The number of aryl methyl sites for hydroxylation is 2. The molecule has 4 heteroatoms. The van der Waals surface area contributed by atoms with Crippen LogP contribution in [0.5, 0.6) is 0 Å². The predicted molar refractivity (Wildman–Crippen MR) is 75.1 cm³/mol. The highest BCUT2D eigenvalue weighted by Gasteiger charge is 2.17. The molecule has 1 unspecified atom stereocenters. The quantitative estimate of drug-likeness (QED) is 0.866. The number of rotatable bonds is 3. The largest absolute Gasteiger partial charge is 0.369 e. The molecule has 3 rings (SSSR count). The number of pyridine rings is 1. The van der Waals surface area contributed by atoms with Crippen molar-refractivity contribution in [2.24, 2.45) is 5.92 Å². The van der Waals surface area contributed by atoms with E-state index in [-0.39, 0.29) is 0 Å². The molecule has 1 aromatic heterocycles. The van der Waals surface area contributed by atoms with Crippen molar-refractivity contribution in [3.63, 3.8) is 0 Å². The fourth-order valence-electron chi connectivity index (χ4n) is 2.98. The van der Waals surface area contributed by atoms with Gasteiger partial charge >= 0.3 is 0 Å². The molecule has 100 valence electrons. The number of hydrogen-bond donors (Lipinski definition) is 2. The Morgan fingerprint density at radius 1 is 1.42 bits per heavy atom. The van der Waals surface area contributed by atoms with Crippen LogP contribution in [-0.4, -0.2) is 24.6 Å². The minimum atomic E-state index is 0.657. The molecule has 0 spiro atoms. The minimum absolute atomic E-state index is 0.657. The maximum absolute atomic E-state index is 9.27. The number of nitrogens with zero attached hydrogens (tertiary/aromatic N) is 2. The molecule has 2 N–H and O–H groups in total. The maximum atomic E-state index is 9.27. The summed E-state index contributed by atoms with van der Waals surface area (Å²) in [5.41, 5.74) is 3.17. The van der Waals surface area contributed by atoms with E-state index in [1.165, 1.54) is 30.5 Å². The molecular weight excluding hydrogens is 236 g/mol. The maximum Gasteiger partial charge on any atom is 0.144 e. The molecule has 0 aromatic carbocycles. The summed E-state index contributed by atoms with van der Waals surface area (Å²) in [6.45, 7) is 3.09. The van der Waals surface area contributed by atoms with E-state index < -0.39 is 0 Å². The molecule has 0 radical (unpaired) electrons. The summed E-state index contributed by atoms with van der Waals surface area (Å²) >= 11 is 0. The summed E-state index contributed by atoms with van der Waals surface area (Å²) in [6, 6.07) is 4.32. The zero-order valence-electron chi connectivity index (χ0n) is 11.2. The molecular formula is C15H20N4. The summed E-state index contributed by atoms with van der Waals surface area (Å²) in [4.78, 5) is 4.69. The van der Waals surface area contributed by atoms with Gasteiger partial charge in [-0.25, -0.2) is 4.98 Å². The Bertz CT molecular complexity index is 498. The van der Waals surface area contributed by atoms with Crippen molar-refractivity contribution in [3.05, 3.63) is 22.9 Å². The summed E-state index contributed by atoms with van der Waals surface area (Å²) in [5, 5.41) is 16.0. The number of anilines is 1. The lowest BCUT2D eigenvalue weighted by Gasteiger charge is -2.18. The van der Waals surface area contributed by atoms with Gasteiger partial charge in [0.05, 0.1) is 5.56 Å². The number of hydrogen-bond acceptors (Lipinski definition) is 4. The predicted octanol–water partition coefficient (Wildman–Crippen LogP) is 1.85. The number of nitriles is 1. The van der Waals surface area contributed by atoms with Crippen LogP contribution in [0.25, 0.3) is 0 Å². The Morgan fingerprint density at radius 2 is 2.32 bits per heavy atom. The Balaban J connectivity index is 1.77. The third kappa shape index (κ3) is 2.71. The van der Waals surface area contributed by atoms with Gasteiger partial charge in [0.1, 0.15) is 11.9 Å². The van der Waals surface area contributed by atoms with Crippen molar-refractivity contribution in [3.8, 4) is 6.07 Å². The fourth-order valence-corrected chi connectivity index (χ4v) is 2.98. The molecule has 2 aliphatic rings. The van der Waals surface area contributed by atoms with E-state index in [9.17, 15) is 5.26 Å². The van der Waals surface area contributed by atoms with Crippen molar-refractivity contribution in [2.45, 2.75) is 32.1 Å². The summed E-state index contributed by atoms with van der Waals surface area (Å²) in [5.74, 6) is 1.44. The first-order valence-corrected chi connectivity index (χ1v) is 7.24. The molecule has 1 aliphatic heterocycles. The van der Waals surface area contributed by atoms with Crippen molar-refractivity contribution in [1.82, 2.24) is 10.3 Å². The van der Waals surface area contributed by atoms with Crippen molar-refractivity contribution >= 4 is 5.82 Å². The van der Waals surface area contributed by atoms with Gasteiger partial charge < -0.3 is 10.6 Å². The molecule has 1 aliphatic carbocycles. The molecule has 19 heavy (non-hydrogen) atoms. The second-order valence-electron chi connectivity index (χ2n) is 5.55. The van der Waals surface area contributed by atoms with E-state index in [1.807, 2.05) is 6.07 Å². The average molecular weight is 256 g/mol. The van der Waals surface area contributed by atoms with Crippen molar-refractivity contribution < 1.29 is 0 Å². The fraction of sp³-hybridized carbons (Fsp3) is 0.600. The van der Waals surface area contributed by atoms with Gasteiger partial charge in [-0.05, 0) is 62.7 Å². The Hall–Kier alpha value is -1.60. The molecule has 0 amide bonds. The van der Waals surface area contributed by atoms with E-state index in [0.29, 0.717) is 11.5 Å². The van der Waals surface area contributed by atoms with E-state index in [1.54, 1.807) is 0 Å². The first-order valence-electron chi connectivity index (χ1n) is 7.24. The zero-order valence-corrected chi connectivity index (χ0v) is 11.2. The average Bonchev–Trinajstić information content (AvgIpc) is 2.97. The minimum Gasteiger partial charge on any atom is -0.369 e. The standard InChI is InChI=1S/C15H20N4/c16-8-13-7-12-3-1-2-4-14(12)19-15(13)18-10-11-5-6-17-9-11/h7,11,17H,1-6,9-10H2,(H,18,19). The van der Waals surface area contributed by atoms with Crippen LogP contribution in [0.2, 0.25) is 0 Å². The zero-order chi connectivity index (χ0) is 13.1. The summed E-state index contributed by atoms with van der Waals surface area (Å²) in [7, 11) is 0. The smallest absolute Gasteiger partial charge is 0.144 e. The number of aromatic nitrogens is 1. The van der Waals surface area contributed by atoms with Gasteiger partial charge in [0.2, 0.25) is 0 Å². The number of nitrogens with one attached hydrogen (secondary N) is 2. The highest BCUT2D eigenvalue weighted by atomic mass is 15.0. The SMILES string of the molecule is N#Cc1cc2c(nc1NCC1CCNC1)CCCC2. The Morgan fingerprint density at radius 3 is 3.11 bits per heavy atom. The van der Waals surface area contributed by atoms with Crippen LogP contribution in [0.1, 0.15) is 36.1 Å². The monoisotopic (exact) mass is 256 g/mol. The van der Waals surface area contributed by atoms with Crippen LogP contribution in [0.3, 0.4) is 0 Å². The Labute approximate surface area is 114 Å². The molecule has 1 fully saturated rings. The summed E-state index contributed by atoms with van der Waals surface area (Å²) < 4.78 is 0. The van der Waals surface area contributed by atoms with Gasteiger partial charge in [0.15, 0.2) is 0 Å². The lowest BCUT2D eigenvalue weighted by molar-refractivity contribution is 0.612. The molecule has 0 bridgehead atoms. The second kappa shape index (κ2) is 5.58. The van der Waals surface area contributed by atoms with E-state index in [2.05, 4.69) is 16.7 Å². The van der Waals surface area contributed by atoms with E-state index >= 15 is 0 Å². The second-order valence-corrected chi connectivity index (χ2v) is 5.55. The highest BCUT2D eigenvalue weighted by Crippen LogP contribution is 2.24. The van der Waals surface area contributed by atoms with E-state index in [0.717, 1.165) is 38.3 Å². The van der Waals surface area contributed by atoms with Crippen LogP contribution < -0.4 is 10.6 Å². The lowest BCUT2D eigenvalue weighted by Crippen LogP contribution is -2.19. The van der Waals surface area contributed by atoms with E-state index in [4.69, 9.17) is 4.98 Å². The molecule has 4 nitrogen and oxygen atoms in total. The van der Waals surface area contributed by atoms with Gasteiger partial charge in [-0.3, -0.25) is 0 Å².